The number of hydrogen-bond donors (Lipinski definition) is 4. The number of likely N-dealkylation sites (N-methyl/N-ethyl adjacent to an activating group) is 2. The van der Waals surface area contributed by atoms with Gasteiger partial charge in [-0.05, 0) is 130 Å². The lowest BCUT2D eigenvalue weighted by atomic mass is 9.89. The van der Waals surface area contributed by atoms with Gasteiger partial charge in [0.1, 0.15) is 17.8 Å². The molecule has 22 nitrogen and oxygen atoms in total. The first-order valence-corrected chi connectivity index (χ1v) is 36.4. The van der Waals surface area contributed by atoms with Crippen LogP contribution in [0.5, 0.6) is 5.75 Å². The van der Waals surface area contributed by atoms with Crippen LogP contribution in [0.25, 0.3) is 11.0 Å². The minimum absolute atomic E-state index is 0.00890. The van der Waals surface area contributed by atoms with Gasteiger partial charge in [-0.1, -0.05) is 85.2 Å². The molecule has 1 saturated carbocycles. The quantitative estimate of drug-likeness (QED) is 0.0564. The zero-order valence-corrected chi connectivity index (χ0v) is 58.9. The Morgan fingerprint density at radius 1 is 0.755 bits per heavy atom. The number of methoxy groups -OCH3 is 2. The van der Waals surface area contributed by atoms with E-state index in [1.54, 1.807) is 88.6 Å². The number of rotatable bonds is 27. The summed E-state index contributed by atoms with van der Waals surface area (Å²) in [7, 11) is 4.31. The van der Waals surface area contributed by atoms with E-state index in [-0.39, 0.29) is 65.9 Å². The number of thioether (sulfide) groups is 2. The third-order valence-electron chi connectivity index (χ3n) is 18.6. The number of sulfonamides is 1. The number of aromatic nitrogens is 2. The van der Waals surface area contributed by atoms with Gasteiger partial charge >= 0.3 is 6.09 Å². The van der Waals surface area contributed by atoms with Crippen LogP contribution in [-0.4, -0.2) is 189 Å². The second kappa shape index (κ2) is 33.4. The van der Waals surface area contributed by atoms with Crippen LogP contribution in [0.2, 0.25) is 0 Å². The lowest BCUT2D eigenvalue weighted by Gasteiger charge is -2.41. The van der Waals surface area contributed by atoms with Crippen molar-refractivity contribution in [2.75, 3.05) is 61.5 Å². The highest BCUT2D eigenvalue weighted by molar-refractivity contribution is 8.03. The first-order valence-electron chi connectivity index (χ1n) is 32.9. The average molecular weight is 1350 g/mol. The van der Waals surface area contributed by atoms with E-state index >= 15 is 0 Å². The van der Waals surface area contributed by atoms with Crippen molar-refractivity contribution in [2.24, 2.45) is 29.6 Å². The summed E-state index contributed by atoms with van der Waals surface area (Å²) in [5, 5.41) is 8.21. The Kier molecular flexibility index (Phi) is 26.0. The Bertz CT molecular complexity index is 3450. The van der Waals surface area contributed by atoms with Gasteiger partial charge in [-0.2, -0.15) is 0 Å². The van der Waals surface area contributed by atoms with Crippen molar-refractivity contribution in [1.82, 2.24) is 50.2 Å². The van der Waals surface area contributed by atoms with Gasteiger partial charge in [0.25, 0.3) is 11.8 Å². The van der Waals surface area contributed by atoms with Gasteiger partial charge in [-0.3, -0.25) is 38.4 Å². The molecule has 2 saturated heterocycles. The maximum atomic E-state index is 14.6. The fraction of sp³-hybridized carbons (Fsp3) is 0.580. The number of carbonyl (C=O) groups excluding carboxylic acids is 7. The summed E-state index contributed by atoms with van der Waals surface area (Å²) in [6, 6.07) is 8.06. The van der Waals surface area contributed by atoms with Crippen molar-refractivity contribution < 1.29 is 56.2 Å². The first kappa shape index (κ1) is 73.2. The number of hydrogen-bond acceptors (Lipinski definition) is 17. The highest BCUT2D eigenvalue weighted by atomic mass is 32.2. The predicted octanol–water partition coefficient (Wildman–Crippen LogP) is 7.93. The van der Waals surface area contributed by atoms with E-state index in [4.69, 9.17) is 24.2 Å². The van der Waals surface area contributed by atoms with Crippen molar-refractivity contribution in [3.8, 4) is 5.75 Å². The standard InChI is InChI=1S/C69H96N10O12S3/c1-13-43(6)62(77(10)68(85)60(41(2)3)74-67(84)61(42(4)5)76(8)9)58(89-11)37-59(80)79-31-17-20-57(79)63(90-12)44(7)64(81)73-54(66(83)75-94(87,88)51-26-27-51)34-45-21-24-48(25-22-45)91-69(86)78-32-29-46(30-33-78)38-70-65(82)47-23-28-52-53(35-47)72-56-40-93-50-19-16-14-15-18-49(36-50)92-39-55(56)71-52/h14-16,18-19,21-25,28,35-36,41-44,46,51,54,57-58,60-63H,13,17,20,26-27,29-34,37-40H2,1-12H3,(H,70,82)(H,73,81)(H,74,84)(H,75,83)/b15-14+,16-14?,18-15?,19-16?,49-18+,49-36?,50-19?,50-36?/t43-,44+,54-,57-,58+,60-,61-,62-,63+/m0/s1. The molecule has 2 aliphatic carbocycles. The summed E-state index contributed by atoms with van der Waals surface area (Å²) >= 11 is 3.43. The fourth-order valence-electron chi connectivity index (χ4n) is 12.9. The van der Waals surface area contributed by atoms with E-state index < -0.39 is 81.5 Å². The van der Waals surface area contributed by atoms with Gasteiger partial charge in [0, 0.05) is 80.7 Å². The van der Waals surface area contributed by atoms with Crippen LogP contribution in [-0.2, 0) is 61.4 Å². The van der Waals surface area contributed by atoms with E-state index in [1.165, 1.54) is 14.2 Å². The van der Waals surface area contributed by atoms with Crippen molar-refractivity contribution in [1.29, 1.82) is 0 Å². The SMILES string of the molecule is CC[C@H](C)[C@@H]([C@@H](CC(=O)N1CCC[C@H]1[C@H](OC)[C@@H](C)C(=O)N[C@@H](Cc1ccc(OC(=O)N2CCC(CNC(=O)c3ccc4nc5c(nc4c3)CSC3=C/C(=C\C=C\C=C3)SC5)CC2)cc1)C(=O)NS(=O)(=O)C1CC1)OC)N(C)C(=O)[C@@H](NC(=O)[C@H](C(C)C)N(C)C)C(C)C. The topological polar surface area (TPSA) is 268 Å². The van der Waals surface area contributed by atoms with Gasteiger partial charge in [0.2, 0.25) is 33.7 Å². The predicted molar refractivity (Wildman–Crippen MR) is 367 cm³/mol. The Hall–Kier alpha value is -6.64. The van der Waals surface area contributed by atoms with Crippen LogP contribution < -0.4 is 25.4 Å². The van der Waals surface area contributed by atoms with Crippen molar-refractivity contribution in [2.45, 2.75) is 165 Å². The number of likely N-dealkylation sites (tertiary alicyclic amines) is 2. The van der Waals surface area contributed by atoms with Crippen molar-refractivity contribution >= 4 is 86.1 Å². The molecular formula is C69H96N10O12S3. The lowest BCUT2D eigenvalue weighted by molar-refractivity contribution is -0.148. The number of allylic oxidation sites excluding steroid dienone is 6. The van der Waals surface area contributed by atoms with Crippen LogP contribution >= 0.6 is 23.5 Å². The van der Waals surface area contributed by atoms with Gasteiger partial charge < -0.3 is 44.9 Å². The average Bonchev–Trinajstić information content (AvgIpc) is 1.35. The van der Waals surface area contributed by atoms with Gasteiger partial charge in [-0.15, -0.1) is 23.5 Å². The molecule has 2 bridgehead atoms. The number of amides is 7. The fourth-order valence-corrected chi connectivity index (χ4v) is 16.2. The summed E-state index contributed by atoms with van der Waals surface area (Å²) in [4.78, 5) is 117. The van der Waals surface area contributed by atoms with Crippen LogP contribution in [0.4, 0.5) is 4.79 Å². The molecule has 0 radical (unpaired) electrons. The number of fused-ring (bicyclic) bond motifs is 3. The van der Waals surface area contributed by atoms with Gasteiger partial charge in [-0.25, -0.2) is 23.2 Å². The van der Waals surface area contributed by atoms with Crippen LogP contribution in [0, 0.1) is 29.6 Å². The Morgan fingerprint density at radius 3 is 2.06 bits per heavy atom. The number of benzene rings is 2. The molecule has 512 valence electrons. The summed E-state index contributed by atoms with van der Waals surface area (Å²) < 4.78 is 46.4. The molecule has 3 aliphatic heterocycles. The Balaban J connectivity index is 0.849. The van der Waals surface area contributed by atoms with E-state index in [2.05, 4.69) is 38.9 Å². The van der Waals surface area contributed by atoms with Gasteiger partial charge in [0.05, 0.1) is 70.3 Å². The normalized spacial score (nSPS) is 20.4. The number of nitrogens with zero attached hydrogens (tertiary/aromatic N) is 6. The Morgan fingerprint density at radius 2 is 1.44 bits per heavy atom. The van der Waals surface area contributed by atoms with Crippen LogP contribution in [0.3, 0.4) is 0 Å². The summed E-state index contributed by atoms with van der Waals surface area (Å²) in [6.45, 7) is 15.0. The van der Waals surface area contributed by atoms with Crippen LogP contribution in [0.15, 0.2) is 88.7 Å². The first-order chi connectivity index (χ1) is 44.8. The molecule has 94 heavy (non-hydrogen) atoms. The highest BCUT2D eigenvalue weighted by Crippen LogP contribution is 2.36. The van der Waals surface area contributed by atoms with Crippen LogP contribution in [0.1, 0.15) is 127 Å². The molecule has 9 atom stereocenters. The third-order valence-corrected chi connectivity index (χ3v) is 22.5. The van der Waals surface area contributed by atoms with Crippen molar-refractivity contribution in [3.63, 3.8) is 0 Å². The van der Waals surface area contributed by atoms with E-state index in [0.29, 0.717) is 99.3 Å². The molecule has 0 unspecified atom stereocenters. The molecule has 5 aliphatic rings. The molecule has 1 aromatic heterocycles. The molecule has 3 aromatic rings. The second-order valence-corrected chi connectivity index (χ2v) is 30.4. The number of ether oxygens (including phenoxy) is 3. The maximum absolute atomic E-state index is 14.6. The maximum Gasteiger partial charge on any atom is 0.415 e. The molecule has 0 spiro atoms. The van der Waals surface area contributed by atoms with E-state index in [9.17, 15) is 42.0 Å². The second-order valence-electron chi connectivity index (χ2n) is 26.4. The highest BCUT2D eigenvalue weighted by Gasteiger charge is 2.45. The van der Waals surface area contributed by atoms with Crippen molar-refractivity contribution in [3.05, 3.63) is 111 Å². The zero-order valence-electron chi connectivity index (χ0n) is 56.4. The third kappa shape index (κ3) is 18.9. The lowest BCUT2D eigenvalue weighted by Crippen LogP contribution is -2.59. The summed E-state index contributed by atoms with van der Waals surface area (Å²) in [5.74, 6) is -2.14. The Labute approximate surface area is 563 Å². The van der Waals surface area contributed by atoms with E-state index in [0.717, 1.165) is 26.7 Å². The minimum Gasteiger partial charge on any atom is -0.410 e. The minimum atomic E-state index is -4.02. The molecule has 4 N–H and O–H groups in total. The molecule has 2 aromatic carbocycles. The summed E-state index contributed by atoms with van der Waals surface area (Å²) in [6.07, 6.45) is 14.0. The number of carbonyl (C=O) groups is 7. The zero-order chi connectivity index (χ0) is 68.1. The molecule has 8 rings (SSSR count). The molecule has 3 fully saturated rings. The molecule has 7 amide bonds. The van der Waals surface area contributed by atoms with E-state index in [1.807, 2.05) is 84.8 Å². The summed E-state index contributed by atoms with van der Waals surface area (Å²) in [5.41, 5.74) is 4.24. The molecule has 25 heteroatoms. The largest absolute Gasteiger partial charge is 0.415 e. The molecular weight excluding hydrogens is 1260 g/mol. The number of nitrogens with one attached hydrogen (secondary N) is 4. The smallest absolute Gasteiger partial charge is 0.410 e. The molecule has 4 heterocycles. The number of piperidine rings is 1. The van der Waals surface area contributed by atoms with Gasteiger partial charge in [0.15, 0.2) is 0 Å². The monoisotopic (exact) mass is 1350 g/mol.